The van der Waals surface area contributed by atoms with Gasteiger partial charge >= 0.3 is 8.60 Å². The first kappa shape index (κ1) is 32.9. The highest BCUT2D eigenvalue weighted by atomic mass is 31.2. The van der Waals surface area contributed by atoms with Gasteiger partial charge in [0.25, 0.3) is 0 Å². The van der Waals surface area contributed by atoms with E-state index in [1.54, 1.807) is 6.92 Å². The third-order valence-electron chi connectivity index (χ3n) is 5.77. The highest BCUT2D eigenvalue weighted by Crippen LogP contribution is 2.33. The molecule has 0 saturated heterocycles. The monoisotopic (exact) mass is 491 g/mol. The van der Waals surface area contributed by atoms with Crippen LogP contribution in [0.2, 0.25) is 0 Å². The van der Waals surface area contributed by atoms with Crippen LogP contribution >= 0.6 is 8.60 Å². The maximum atomic E-state index is 11.5. The van der Waals surface area contributed by atoms with Crippen LogP contribution in [0.5, 0.6) is 0 Å². The third-order valence-corrected chi connectivity index (χ3v) is 6.54. The molecule has 0 aliphatic carbocycles. The molecule has 198 valence electrons. The van der Waals surface area contributed by atoms with Crippen molar-refractivity contribution in [2.24, 2.45) is 5.92 Å². The van der Waals surface area contributed by atoms with E-state index in [9.17, 15) is 9.69 Å². The summed E-state index contributed by atoms with van der Waals surface area (Å²) in [5.74, 6) is 0.0769. The molecule has 6 nitrogen and oxygen atoms in total. The number of ketones is 1. The molecule has 0 aromatic rings. The van der Waals surface area contributed by atoms with Gasteiger partial charge in [0.15, 0.2) is 0 Å². The lowest BCUT2D eigenvalue weighted by Crippen LogP contribution is -2.19. The second-order valence-corrected chi connectivity index (χ2v) is 10.3. The van der Waals surface area contributed by atoms with Gasteiger partial charge in [-0.2, -0.15) is 0 Å². The van der Waals surface area contributed by atoms with E-state index in [0.717, 1.165) is 26.0 Å². The number of Topliss-reactive ketones (excluding diaryl/α,β-unsaturated/α-hetero) is 1. The summed E-state index contributed by atoms with van der Waals surface area (Å²) in [5.41, 5.74) is 0. The standard InChI is InChI=1S/C26H54NO5P/c1-4-5-6-7-8-9-10-11-12-13-14-15-16-17-20-30-23-26(22-25(2)28)24-32-33(29)31-21-18-19-27-3/h26-27,29H,4-24H2,1-3H3. The molecule has 0 bridgehead atoms. The van der Waals surface area contributed by atoms with Crippen molar-refractivity contribution in [3.05, 3.63) is 0 Å². The zero-order valence-electron chi connectivity index (χ0n) is 22.0. The summed E-state index contributed by atoms with van der Waals surface area (Å²) < 4.78 is 16.5. The van der Waals surface area contributed by atoms with Crippen molar-refractivity contribution in [3.8, 4) is 0 Å². The minimum Gasteiger partial charge on any atom is -0.381 e. The summed E-state index contributed by atoms with van der Waals surface area (Å²) in [6, 6.07) is 0. The first-order chi connectivity index (χ1) is 16.1. The van der Waals surface area contributed by atoms with Gasteiger partial charge in [-0.1, -0.05) is 90.4 Å². The van der Waals surface area contributed by atoms with Gasteiger partial charge in [-0.25, -0.2) is 0 Å². The second kappa shape index (κ2) is 26.5. The molecule has 0 aromatic heterocycles. The van der Waals surface area contributed by atoms with Crippen LogP contribution in [0.1, 0.15) is 117 Å². The van der Waals surface area contributed by atoms with Gasteiger partial charge in [0.1, 0.15) is 5.78 Å². The average Bonchev–Trinajstić information content (AvgIpc) is 2.79. The lowest BCUT2D eigenvalue weighted by molar-refractivity contribution is -0.118. The molecule has 0 radical (unpaired) electrons. The average molecular weight is 492 g/mol. The number of carbonyl (C=O) groups is 1. The van der Waals surface area contributed by atoms with Crippen molar-refractivity contribution < 1.29 is 23.5 Å². The first-order valence-corrected chi connectivity index (χ1v) is 14.7. The van der Waals surface area contributed by atoms with Crippen molar-refractivity contribution in [2.75, 3.05) is 40.0 Å². The zero-order chi connectivity index (χ0) is 24.4. The molecule has 33 heavy (non-hydrogen) atoms. The molecule has 2 atom stereocenters. The summed E-state index contributed by atoms with van der Waals surface area (Å²) in [7, 11) is -0.0103. The molecular weight excluding hydrogens is 437 g/mol. The number of carbonyl (C=O) groups excluding carboxylic acids is 1. The summed E-state index contributed by atoms with van der Waals surface area (Å²) in [6.07, 6.45) is 20.0. The van der Waals surface area contributed by atoms with Crippen molar-refractivity contribution >= 4 is 14.4 Å². The van der Waals surface area contributed by atoms with E-state index in [4.69, 9.17) is 13.8 Å². The van der Waals surface area contributed by atoms with E-state index in [-0.39, 0.29) is 18.3 Å². The maximum Gasteiger partial charge on any atom is 0.329 e. The van der Waals surface area contributed by atoms with Crippen molar-refractivity contribution in [3.63, 3.8) is 0 Å². The fourth-order valence-electron chi connectivity index (χ4n) is 3.82. The van der Waals surface area contributed by atoms with Crippen molar-refractivity contribution in [1.82, 2.24) is 5.32 Å². The van der Waals surface area contributed by atoms with Gasteiger partial charge in [0.2, 0.25) is 0 Å². The molecule has 0 saturated carbocycles. The second-order valence-electron chi connectivity index (χ2n) is 9.27. The van der Waals surface area contributed by atoms with Crippen LogP contribution in [-0.4, -0.2) is 50.7 Å². The molecule has 0 aliphatic rings. The van der Waals surface area contributed by atoms with Crippen LogP contribution in [0.15, 0.2) is 0 Å². The summed E-state index contributed by atoms with van der Waals surface area (Å²) in [5, 5.41) is 3.03. The van der Waals surface area contributed by atoms with Crippen LogP contribution < -0.4 is 5.32 Å². The minimum atomic E-state index is -1.89. The smallest absolute Gasteiger partial charge is 0.329 e. The van der Waals surface area contributed by atoms with E-state index >= 15 is 0 Å². The Kier molecular flexibility index (Phi) is 26.4. The van der Waals surface area contributed by atoms with Gasteiger partial charge in [-0.3, -0.25) is 0 Å². The Morgan fingerprint density at radius 1 is 0.788 bits per heavy atom. The normalized spacial score (nSPS) is 13.3. The number of nitrogens with one attached hydrogen (secondary N) is 1. The predicted molar refractivity (Wildman–Crippen MR) is 140 cm³/mol. The number of rotatable bonds is 27. The number of unbranched alkanes of at least 4 members (excludes halogenated alkanes) is 13. The first-order valence-electron chi connectivity index (χ1n) is 13.6. The Labute approximate surface area is 205 Å². The Balaban J connectivity index is 3.56. The molecular formula is C26H54NO5P. The lowest BCUT2D eigenvalue weighted by Gasteiger charge is -2.18. The summed E-state index contributed by atoms with van der Waals surface area (Å²) in [6.45, 7) is 6.64. The van der Waals surface area contributed by atoms with Gasteiger partial charge < -0.3 is 28.8 Å². The van der Waals surface area contributed by atoms with Crippen LogP contribution in [0.3, 0.4) is 0 Å². The molecule has 2 unspecified atom stereocenters. The minimum absolute atomic E-state index is 0.0350. The van der Waals surface area contributed by atoms with E-state index < -0.39 is 8.60 Å². The number of hydrogen-bond acceptors (Lipinski definition) is 6. The largest absolute Gasteiger partial charge is 0.381 e. The fourth-order valence-corrected chi connectivity index (χ4v) is 4.52. The molecule has 0 aromatic carbocycles. The molecule has 0 heterocycles. The van der Waals surface area contributed by atoms with E-state index in [1.807, 2.05) is 7.05 Å². The van der Waals surface area contributed by atoms with E-state index in [1.165, 1.54) is 83.5 Å². The molecule has 0 aliphatic heterocycles. The molecule has 0 rings (SSSR count). The Morgan fingerprint density at radius 2 is 1.33 bits per heavy atom. The molecule has 0 amide bonds. The Bertz CT molecular complexity index is 414. The van der Waals surface area contributed by atoms with E-state index in [0.29, 0.717) is 19.6 Å². The third kappa shape index (κ3) is 26.3. The van der Waals surface area contributed by atoms with Crippen molar-refractivity contribution in [1.29, 1.82) is 0 Å². The summed E-state index contributed by atoms with van der Waals surface area (Å²) in [4.78, 5) is 21.3. The van der Waals surface area contributed by atoms with Gasteiger partial charge in [-0.05, 0) is 33.4 Å². The van der Waals surface area contributed by atoms with Gasteiger partial charge in [0.05, 0.1) is 19.8 Å². The SMILES string of the molecule is CCCCCCCCCCCCCCCCOCC(COP(O)OCCCNC)CC(C)=O. The highest BCUT2D eigenvalue weighted by molar-refractivity contribution is 7.40. The zero-order valence-corrected chi connectivity index (χ0v) is 22.8. The lowest BCUT2D eigenvalue weighted by atomic mass is 10.0. The Morgan fingerprint density at radius 3 is 1.85 bits per heavy atom. The molecule has 0 fully saturated rings. The molecule has 2 N–H and O–H groups in total. The fraction of sp³-hybridized carbons (Fsp3) is 0.962. The topological polar surface area (TPSA) is 77.0 Å². The van der Waals surface area contributed by atoms with E-state index in [2.05, 4.69) is 12.2 Å². The highest BCUT2D eigenvalue weighted by Gasteiger charge is 2.16. The molecule has 0 spiro atoms. The quantitative estimate of drug-likeness (QED) is 0.0957. The number of ether oxygens (including phenoxy) is 1. The van der Waals surface area contributed by atoms with Crippen LogP contribution in [0.25, 0.3) is 0 Å². The molecule has 7 heteroatoms. The van der Waals surface area contributed by atoms with Crippen LogP contribution in [0.4, 0.5) is 0 Å². The Hall–Kier alpha value is -0.100. The van der Waals surface area contributed by atoms with Gasteiger partial charge in [-0.15, -0.1) is 0 Å². The van der Waals surface area contributed by atoms with Gasteiger partial charge in [0, 0.05) is 18.9 Å². The van der Waals surface area contributed by atoms with Crippen molar-refractivity contribution in [2.45, 2.75) is 117 Å². The van der Waals surface area contributed by atoms with Crippen LogP contribution in [0, 0.1) is 5.92 Å². The maximum absolute atomic E-state index is 11.5. The number of hydrogen-bond donors (Lipinski definition) is 2. The summed E-state index contributed by atoms with van der Waals surface area (Å²) >= 11 is 0. The van der Waals surface area contributed by atoms with Crippen LogP contribution in [-0.2, 0) is 18.6 Å². The predicted octanol–water partition coefficient (Wildman–Crippen LogP) is 6.94.